The Morgan fingerprint density at radius 3 is 2.38 bits per heavy atom. The third kappa shape index (κ3) is 5.09. The van der Waals surface area contributed by atoms with Crippen LogP contribution in [0.3, 0.4) is 0 Å². The fourth-order valence-corrected chi connectivity index (χ4v) is 2.88. The van der Waals surface area contributed by atoms with Crippen molar-refractivity contribution in [1.82, 2.24) is 9.59 Å². The van der Waals surface area contributed by atoms with Gasteiger partial charge in [0.15, 0.2) is 5.69 Å². The predicted molar refractivity (Wildman–Crippen MR) is 113 cm³/mol. The molecule has 0 aliphatic rings. The standard InChI is InChI=1S/C18H15N5O4S2/c1-27-17(25)11-3-2-4-14(9-11)23(28)18(26)20-13-7-5-12(6-8-13)19-16(24)15-10-29-22-21-15/h2-10,28H,1H3,(H,19,24)(H,20,26). The van der Waals surface area contributed by atoms with Crippen LogP contribution in [0.25, 0.3) is 0 Å². The summed E-state index contributed by atoms with van der Waals surface area (Å²) in [6.07, 6.45) is 0. The van der Waals surface area contributed by atoms with Gasteiger partial charge in [0.25, 0.3) is 5.91 Å². The van der Waals surface area contributed by atoms with Gasteiger partial charge in [-0.05, 0) is 54.0 Å². The molecule has 1 aromatic heterocycles. The van der Waals surface area contributed by atoms with E-state index >= 15 is 0 Å². The summed E-state index contributed by atoms with van der Waals surface area (Å²) in [5.74, 6) is -0.886. The summed E-state index contributed by atoms with van der Waals surface area (Å²) in [6, 6.07) is 12.3. The number of amides is 3. The second-order valence-corrected chi connectivity index (χ2v) is 6.62. The maximum Gasteiger partial charge on any atom is 0.337 e. The Balaban J connectivity index is 1.63. The number of benzene rings is 2. The Morgan fingerprint density at radius 2 is 1.76 bits per heavy atom. The summed E-state index contributed by atoms with van der Waals surface area (Å²) >= 11 is 5.28. The number of aromatic nitrogens is 2. The smallest absolute Gasteiger partial charge is 0.337 e. The quantitative estimate of drug-likeness (QED) is 0.423. The first-order valence-electron chi connectivity index (χ1n) is 8.15. The van der Waals surface area contributed by atoms with Gasteiger partial charge in [-0.2, -0.15) is 0 Å². The van der Waals surface area contributed by atoms with Gasteiger partial charge in [-0.15, -0.1) is 5.10 Å². The highest BCUT2D eigenvalue weighted by Gasteiger charge is 2.15. The van der Waals surface area contributed by atoms with Gasteiger partial charge < -0.3 is 15.4 Å². The molecule has 2 N–H and O–H groups in total. The number of nitrogens with zero attached hydrogens (tertiary/aromatic N) is 3. The molecule has 0 fully saturated rings. The minimum atomic E-state index is -0.527. The fraction of sp³-hybridized carbons (Fsp3) is 0.0556. The SMILES string of the molecule is COC(=O)c1cccc(N(S)C(=O)Nc2ccc(NC(=O)c3csnn3)cc2)c1. The van der Waals surface area contributed by atoms with Gasteiger partial charge in [0.2, 0.25) is 0 Å². The van der Waals surface area contributed by atoms with Crippen LogP contribution < -0.4 is 14.9 Å². The summed E-state index contributed by atoms with van der Waals surface area (Å²) < 4.78 is 9.38. The molecule has 148 valence electrons. The van der Waals surface area contributed by atoms with Gasteiger partial charge in [0.05, 0.1) is 18.4 Å². The molecule has 0 radical (unpaired) electrons. The Bertz CT molecular complexity index is 1020. The first kappa shape index (κ1) is 20.3. The van der Waals surface area contributed by atoms with Crippen LogP contribution in [0.4, 0.5) is 21.9 Å². The van der Waals surface area contributed by atoms with Gasteiger partial charge in [-0.1, -0.05) is 23.4 Å². The number of methoxy groups -OCH3 is 1. The zero-order valence-electron chi connectivity index (χ0n) is 15.0. The molecule has 3 aromatic rings. The van der Waals surface area contributed by atoms with E-state index in [-0.39, 0.29) is 11.6 Å². The van der Waals surface area contributed by atoms with Crippen LogP contribution in [0.15, 0.2) is 53.9 Å². The number of carbonyl (C=O) groups is 3. The molecule has 3 rings (SSSR count). The monoisotopic (exact) mass is 429 g/mol. The average Bonchev–Trinajstić information content (AvgIpc) is 3.29. The first-order valence-corrected chi connectivity index (χ1v) is 9.38. The van der Waals surface area contributed by atoms with E-state index in [4.69, 9.17) is 0 Å². The molecular formula is C18H15N5O4S2. The van der Waals surface area contributed by atoms with E-state index < -0.39 is 12.0 Å². The predicted octanol–water partition coefficient (Wildman–Crippen LogP) is 3.46. The molecule has 11 heteroatoms. The lowest BCUT2D eigenvalue weighted by Crippen LogP contribution is -2.26. The van der Waals surface area contributed by atoms with Crippen molar-refractivity contribution in [3.63, 3.8) is 0 Å². The van der Waals surface area contributed by atoms with Crippen LogP contribution in [0.2, 0.25) is 0 Å². The van der Waals surface area contributed by atoms with Crippen LogP contribution >= 0.6 is 24.3 Å². The molecule has 2 aromatic carbocycles. The van der Waals surface area contributed by atoms with Crippen molar-refractivity contribution >= 4 is 59.3 Å². The Kier molecular flexibility index (Phi) is 6.42. The van der Waals surface area contributed by atoms with Crippen LogP contribution in [-0.4, -0.2) is 34.6 Å². The molecule has 0 aliphatic carbocycles. The Hall–Kier alpha value is -3.44. The van der Waals surface area contributed by atoms with Gasteiger partial charge in [0, 0.05) is 16.8 Å². The molecular weight excluding hydrogens is 414 g/mol. The van der Waals surface area contributed by atoms with Crippen LogP contribution in [0.5, 0.6) is 0 Å². The highest BCUT2D eigenvalue weighted by Crippen LogP contribution is 2.21. The summed E-state index contributed by atoms with van der Waals surface area (Å²) in [4.78, 5) is 36.0. The second-order valence-electron chi connectivity index (χ2n) is 5.61. The minimum absolute atomic E-state index is 0.229. The first-order chi connectivity index (χ1) is 14.0. The van der Waals surface area contributed by atoms with Crippen molar-refractivity contribution < 1.29 is 19.1 Å². The van der Waals surface area contributed by atoms with E-state index in [0.717, 1.165) is 15.8 Å². The van der Waals surface area contributed by atoms with Crippen LogP contribution in [0.1, 0.15) is 20.8 Å². The van der Waals surface area contributed by atoms with Gasteiger partial charge in [-0.25, -0.2) is 13.9 Å². The summed E-state index contributed by atoms with van der Waals surface area (Å²) in [6.45, 7) is 0. The van der Waals surface area contributed by atoms with E-state index in [1.165, 1.54) is 13.2 Å². The minimum Gasteiger partial charge on any atom is -0.465 e. The summed E-state index contributed by atoms with van der Waals surface area (Å²) in [5.41, 5.74) is 1.95. The lowest BCUT2D eigenvalue weighted by atomic mass is 10.2. The van der Waals surface area contributed by atoms with Crippen molar-refractivity contribution in [2.45, 2.75) is 0 Å². The fourth-order valence-electron chi connectivity index (χ4n) is 2.27. The molecule has 0 saturated carbocycles. The number of urea groups is 1. The third-order valence-corrected chi connectivity index (χ3v) is 4.61. The van der Waals surface area contributed by atoms with Crippen LogP contribution in [0, 0.1) is 0 Å². The Labute approximate surface area is 175 Å². The maximum absolute atomic E-state index is 12.4. The molecule has 9 nitrogen and oxygen atoms in total. The van der Waals surface area contributed by atoms with Crippen molar-refractivity contribution in [3.8, 4) is 0 Å². The van der Waals surface area contributed by atoms with E-state index in [9.17, 15) is 14.4 Å². The topological polar surface area (TPSA) is 114 Å². The highest BCUT2D eigenvalue weighted by molar-refractivity contribution is 7.82. The molecule has 0 unspecified atom stereocenters. The number of hydrogen-bond donors (Lipinski definition) is 3. The Morgan fingerprint density at radius 1 is 1.07 bits per heavy atom. The molecule has 0 saturated heterocycles. The van der Waals surface area contributed by atoms with Crippen molar-refractivity contribution in [2.75, 3.05) is 22.0 Å². The molecule has 29 heavy (non-hydrogen) atoms. The number of carbonyl (C=O) groups excluding carboxylic acids is 3. The average molecular weight is 429 g/mol. The summed E-state index contributed by atoms with van der Waals surface area (Å²) in [7, 11) is 1.28. The van der Waals surface area contributed by atoms with E-state index in [0.29, 0.717) is 22.6 Å². The number of nitrogens with one attached hydrogen (secondary N) is 2. The molecule has 3 amide bonds. The lowest BCUT2D eigenvalue weighted by molar-refractivity contribution is 0.0600. The van der Waals surface area contributed by atoms with Crippen LogP contribution in [-0.2, 0) is 4.74 Å². The normalized spacial score (nSPS) is 10.1. The number of ether oxygens (including phenoxy) is 1. The van der Waals surface area contributed by atoms with Gasteiger partial charge >= 0.3 is 12.0 Å². The van der Waals surface area contributed by atoms with E-state index in [1.54, 1.807) is 47.8 Å². The molecule has 0 atom stereocenters. The van der Waals surface area contributed by atoms with E-state index in [2.05, 4.69) is 37.8 Å². The molecule has 0 bridgehead atoms. The van der Waals surface area contributed by atoms with E-state index in [1.807, 2.05) is 0 Å². The number of rotatable bonds is 5. The highest BCUT2D eigenvalue weighted by atomic mass is 32.1. The third-order valence-electron chi connectivity index (χ3n) is 3.69. The number of anilines is 3. The zero-order valence-corrected chi connectivity index (χ0v) is 16.7. The van der Waals surface area contributed by atoms with Crippen molar-refractivity contribution in [3.05, 3.63) is 65.2 Å². The maximum atomic E-state index is 12.4. The van der Waals surface area contributed by atoms with Crippen molar-refractivity contribution in [2.24, 2.45) is 0 Å². The number of hydrogen-bond acceptors (Lipinski definition) is 8. The second kappa shape index (κ2) is 9.17. The number of esters is 1. The molecule has 1 heterocycles. The van der Waals surface area contributed by atoms with Gasteiger partial charge in [0.1, 0.15) is 0 Å². The molecule has 0 aliphatic heterocycles. The largest absolute Gasteiger partial charge is 0.465 e. The number of thiol groups is 1. The van der Waals surface area contributed by atoms with Crippen molar-refractivity contribution in [1.29, 1.82) is 0 Å². The summed E-state index contributed by atoms with van der Waals surface area (Å²) in [5, 5.41) is 10.6. The van der Waals surface area contributed by atoms with Gasteiger partial charge in [-0.3, -0.25) is 4.79 Å². The lowest BCUT2D eigenvalue weighted by Gasteiger charge is -2.17. The molecule has 0 spiro atoms. The zero-order chi connectivity index (χ0) is 20.8.